The van der Waals surface area contributed by atoms with Crippen molar-refractivity contribution in [1.82, 2.24) is 24.5 Å². The topological polar surface area (TPSA) is 56.5 Å². The van der Waals surface area contributed by atoms with Gasteiger partial charge in [0.15, 0.2) is 0 Å². The van der Waals surface area contributed by atoms with Gasteiger partial charge in [0.2, 0.25) is 16.5 Å². The summed E-state index contributed by atoms with van der Waals surface area (Å²) in [5.41, 5.74) is 2.26. The third kappa shape index (κ3) is 2.00. The molecule has 0 radical (unpaired) electrons. The molecule has 88 valence electrons. The van der Waals surface area contributed by atoms with Crippen LogP contribution in [0.4, 0.5) is 0 Å². The van der Waals surface area contributed by atoms with Crippen LogP contribution in [0.1, 0.15) is 24.2 Å². The molecule has 0 aliphatic heterocycles. The summed E-state index contributed by atoms with van der Waals surface area (Å²) in [6.45, 7) is 0. The number of aryl methyl sites for hydroxylation is 1. The van der Waals surface area contributed by atoms with Crippen LogP contribution in [0.5, 0.6) is 0 Å². The average molecular weight is 270 g/mol. The highest BCUT2D eigenvalue weighted by Crippen LogP contribution is 2.22. The van der Waals surface area contributed by atoms with Gasteiger partial charge in [0.1, 0.15) is 6.33 Å². The lowest BCUT2D eigenvalue weighted by molar-refractivity contribution is 0.651. The van der Waals surface area contributed by atoms with Crippen LogP contribution in [-0.2, 0) is 12.8 Å². The van der Waals surface area contributed by atoms with Crippen molar-refractivity contribution in [2.45, 2.75) is 25.7 Å². The summed E-state index contributed by atoms with van der Waals surface area (Å²) in [7, 11) is 0. The van der Waals surface area contributed by atoms with Gasteiger partial charge in [-0.05, 0) is 48.9 Å². The standard InChI is InChI=1S/C10H9Cl2N5/c11-8-14-9(12)16-10(15-8)17-5-13-6-3-1-2-4-7(6)17/h5H,1-4H2. The number of imidazole rings is 1. The molecule has 2 heterocycles. The second-order valence-electron chi connectivity index (χ2n) is 3.89. The molecule has 7 heteroatoms. The maximum Gasteiger partial charge on any atom is 0.240 e. The zero-order valence-corrected chi connectivity index (χ0v) is 10.4. The number of nitrogens with zero attached hydrogens (tertiary/aromatic N) is 5. The van der Waals surface area contributed by atoms with Crippen LogP contribution in [0.25, 0.3) is 5.95 Å². The molecule has 0 amide bonds. The number of fused-ring (bicyclic) bond motifs is 1. The van der Waals surface area contributed by atoms with Crippen molar-refractivity contribution in [2.24, 2.45) is 0 Å². The van der Waals surface area contributed by atoms with Gasteiger partial charge in [-0.15, -0.1) is 0 Å². The molecule has 0 bridgehead atoms. The molecule has 5 nitrogen and oxygen atoms in total. The minimum atomic E-state index is 0.0956. The lowest BCUT2D eigenvalue weighted by Crippen LogP contribution is -2.10. The molecular weight excluding hydrogens is 261 g/mol. The third-order valence-electron chi connectivity index (χ3n) is 2.81. The van der Waals surface area contributed by atoms with E-state index in [-0.39, 0.29) is 10.6 Å². The Labute approximate surface area is 108 Å². The zero-order valence-electron chi connectivity index (χ0n) is 8.90. The fourth-order valence-corrected chi connectivity index (χ4v) is 2.42. The molecule has 2 aromatic rings. The Morgan fingerprint density at radius 1 is 1.00 bits per heavy atom. The van der Waals surface area contributed by atoms with Gasteiger partial charge < -0.3 is 0 Å². The van der Waals surface area contributed by atoms with E-state index in [1.807, 2.05) is 4.57 Å². The van der Waals surface area contributed by atoms with Crippen LogP contribution in [-0.4, -0.2) is 24.5 Å². The Morgan fingerprint density at radius 3 is 2.47 bits per heavy atom. The van der Waals surface area contributed by atoms with Gasteiger partial charge in [-0.1, -0.05) is 0 Å². The van der Waals surface area contributed by atoms with Crippen LogP contribution >= 0.6 is 23.2 Å². The molecule has 0 aromatic carbocycles. The minimum Gasteiger partial charge on any atom is -0.271 e. The van der Waals surface area contributed by atoms with E-state index in [1.54, 1.807) is 6.33 Å². The first-order valence-electron chi connectivity index (χ1n) is 5.36. The molecule has 2 aromatic heterocycles. The van der Waals surface area contributed by atoms with Gasteiger partial charge in [0.05, 0.1) is 5.69 Å². The number of hydrogen-bond donors (Lipinski definition) is 0. The first kappa shape index (κ1) is 10.9. The van der Waals surface area contributed by atoms with Crippen molar-refractivity contribution in [3.8, 4) is 5.95 Å². The lowest BCUT2D eigenvalue weighted by Gasteiger charge is -2.12. The summed E-state index contributed by atoms with van der Waals surface area (Å²) >= 11 is 11.5. The van der Waals surface area contributed by atoms with Gasteiger partial charge in [0.25, 0.3) is 0 Å². The van der Waals surface area contributed by atoms with Gasteiger partial charge >= 0.3 is 0 Å². The largest absolute Gasteiger partial charge is 0.271 e. The predicted molar refractivity (Wildman–Crippen MR) is 63.6 cm³/mol. The summed E-state index contributed by atoms with van der Waals surface area (Å²) in [5, 5.41) is 0.191. The smallest absolute Gasteiger partial charge is 0.240 e. The van der Waals surface area contributed by atoms with E-state index in [0.717, 1.165) is 30.7 Å². The van der Waals surface area contributed by atoms with Gasteiger partial charge in [-0.3, -0.25) is 4.57 Å². The Kier molecular flexibility index (Phi) is 2.72. The molecule has 0 saturated carbocycles. The Hall–Kier alpha value is -1.20. The van der Waals surface area contributed by atoms with Crippen LogP contribution in [0.15, 0.2) is 6.33 Å². The molecular formula is C10H9Cl2N5. The van der Waals surface area contributed by atoms with Crippen molar-refractivity contribution in [3.63, 3.8) is 0 Å². The maximum atomic E-state index is 5.77. The highest BCUT2D eigenvalue weighted by molar-refractivity contribution is 6.31. The van der Waals surface area contributed by atoms with E-state index in [0.29, 0.717) is 5.95 Å². The molecule has 0 N–H and O–H groups in total. The second kappa shape index (κ2) is 4.23. The highest BCUT2D eigenvalue weighted by atomic mass is 35.5. The zero-order chi connectivity index (χ0) is 11.8. The van der Waals surface area contributed by atoms with Crippen molar-refractivity contribution >= 4 is 23.2 Å². The van der Waals surface area contributed by atoms with Crippen molar-refractivity contribution in [3.05, 3.63) is 28.3 Å². The van der Waals surface area contributed by atoms with Gasteiger partial charge in [-0.2, -0.15) is 15.0 Å². The van der Waals surface area contributed by atoms with E-state index in [9.17, 15) is 0 Å². The maximum absolute atomic E-state index is 5.77. The van der Waals surface area contributed by atoms with Crippen LogP contribution < -0.4 is 0 Å². The quantitative estimate of drug-likeness (QED) is 0.797. The van der Waals surface area contributed by atoms with E-state index >= 15 is 0 Å². The number of aromatic nitrogens is 5. The van der Waals surface area contributed by atoms with E-state index in [1.165, 1.54) is 6.42 Å². The predicted octanol–water partition coefficient (Wildman–Crippen LogP) is 2.24. The van der Waals surface area contributed by atoms with Gasteiger partial charge in [-0.25, -0.2) is 4.98 Å². The molecule has 0 saturated heterocycles. The Morgan fingerprint density at radius 2 is 1.71 bits per heavy atom. The van der Waals surface area contributed by atoms with E-state index in [4.69, 9.17) is 23.2 Å². The molecule has 3 rings (SSSR count). The molecule has 17 heavy (non-hydrogen) atoms. The average Bonchev–Trinajstić information content (AvgIpc) is 2.71. The summed E-state index contributed by atoms with van der Waals surface area (Å²) in [6.07, 6.45) is 6.05. The molecule has 0 atom stereocenters. The summed E-state index contributed by atoms with van der Waals surface area (Å²) in [6, 6.07) is 0. The highest BCUT2D eigenvalue weighted by Gasteiger charge is 2.18. The SMILES string of the molecule is Clc1nc(Cl)nc(-n2cnc3c2CCCC3)n1. The summed E-state index contributed by atoms with van der Waals surface area (Å²) in [4.78, 5) is 16.2. The van der Waals surface area contributed by atoms with Gasteiger partial charge in [0, 0.05) is 5.69 Å². The van der Waals surface area contributed by atoms with E-state index in [2.05, 4.69) is 19.9 Å². The molecule has 1 aliphatic carbocycles. The number of hydrogen-bond acceptors (Lipinski definition) is 4. The van der Waals surface area contributed by atoms with Crippen molar-refractivity contribution in [1.29, 1.82) is 0 Å². The first-order valence-corrected chi connectivity index (χ1v) is 6.12. The Bertz CT molecular complexity index is 546. The van der Waals surface area contributed by atoms with E-state index < -0.39 is 0 Å². The lowest BCUT2D eigenvalue weighted by atomic mass is 10.0. The fourth-order valence-electron chi connectivity index (χ4n) is 2.07. The third-order valence-corrected chi connectivity index (χ3v) is 3.15. The van der Waals surface area contributed by atoms with Crippen molar-refractivity contribution in [2.75, 3.05) is 0 Å². The molecule has 0 fully saturated rings. The second-order valence-corrected chi connectivity index (χ2v) is 4.56. The molecule has 1 aliphatic rings. The number of halogens is 2. The normalized spacial score (nSPS) is 14.7. The summed E-state index contributed by atoms with van der Waals surface area (Å²) < 4.78 is 1.84. The molecule has 0 spiro atoms. The minimum absolute atomic E-state index is 0.0956. The monoisotopic (exact) mass is 269 g/mol. The summed E-state index contributed by atoms with van der Waals surface area (Å²) in [5.74, 6) is 0.436. The van der Waals surface area contributed by atoms with Crippen LogP contribution in [0.3, 0.4) is 0 Å². The fraction of sp³-hybridized carbons (Fsp3) is 0.400. The Balaban J connectivity index is 2.11. The first-order chi connectivity index (χ1) is 8.24. The number of rotatable bonds is 1. The van der Waals surface area contributed by atoms with Crippen LogP contribution in [0.2, 0.25) is 10.6 Å². The molecule has 0 unspecified atom stereocenters. The van der Waals surface area contributed by atoms with Crippen molar-refractivity contribution < 1.29 is 0 Å². The van der Waals surface area contributed by atoms with Crippen LogP contribution in [0, 0.1) is 0 Å².